The molecule has 1 aliphatic heterocycles. The molecule has 1 saturated carbocycles. The minimum Gasteiger partial charge on any atom is -0.491 e. The smallest absolute Gasteiger partial charge is 0.410 e. The summed E-state index contributed by atoms with van der Waals surface area (Å²) in [5.74, 6) is 1.15. The average Bonchev–Trinajstić information content (AvgIpc) is 3.59. The van der Waals surface area contributed by atoms with E-state index in [-0.39, 0.29) is 24.8 Å². The van der Waals surface area contributed by atoms with E-state index in [0.717, 1.165) is 38.1 Å². The van der Waals surface area contributed by atoms with E-state index in [0.29, 0.717) is 12.5 Å². The highest BCUT2D eigenvalue weighted by molar-refractivity contribution is 5.70. The highest BCUT2D eigenvalue weighted by Crippen LogP contribution is 2.46. The summed E-state index contributed by atoms with van der Waals surface area (Å²) in [6.45, 7) is 8.30. The topological polar surface area (TPSA) is 62.2 Å². The van der Waals surface area contributed by atoms with Gasteiger partial charge in [-0.25, -0.2) is 4.79 Å². The van der Waals surface area contributed by atoms with Crippen molar-refractivity contribution < 1.29 is 19.4 Å². The van der Waals surface area contributed by atoms with E-state index < -0.39 is 11.7 Å². The summed E-state index contributed by atoms with van der Waals surface area (Å²) in [6.07, 6.45) is 1.99. The molecule has 1 heterocycles. The van der Waals surface area contributed by atoms with Gasteiger partial charge in [0.05, 0.1) is 0 Å². The zero-order chi connectivity index (χ0) is 24.1. The van der Waals surface area contributed by atoms with Gasteiger partial charge in [-0.3, -0.25) is 0 Å². The van der Waals surface area contributed by atoms with Gasteiger partial charge in [-0.05, 0) is 57.7 Å². The second kappa shape index (κ2) is 10.8. The normalized spacial score (nSPS) is 22.1. The Morgan fingerprint density at radius 1 is 1.06 bits per heavy atom. The largest absolute Gasteiger partial charge is 0.491 e. The number of aliphatic hydroxyl groups is 1. The van der Waals surface area contributed by atoms with Gasteiger partial charge in [0.15, 0.2) is 0 Å². The maximum Gasteiger partial charge on any atom is 0.410 e. The fourth-order valence-corrected chi connectivity index (χ4v) is 4.86. The monoisotopic (exact) mass is 466 g/mol. The van der Waals surface area contributed by atoms with Crippen LogP contribution in [-0.2, 0) is 4.74 Å². The number of piperidine rings is 1. The van der Waals surface area contributed by atoms with Gasteiger partial charge in [-0.15, -0.1) is 0 Å². The molecule has 0 unspecified atom stereocenters. The van der Waals surface area contributed by atoms with Crippen LogP contribution in [0.5, 0.6) is 5.75 Å². The Labute approximate surface area is 203 Å². The molecule has 2 fully saturated rings. The lowest BCUT2D eigenvalue weighted by Crippen LogP contribution is -2.51. The molecule has 2 aromatic carbocycles. The molecule has 1 saturated heterocycles. The molecule has 0 spiro atoms. The van der Waals surface area contributed by atoms with Crippen molar-refractivity contribution in [3.8, 4) is 5.75 Å². The molecule has 34 heavy (non-hydrogen) atoms. The van der Waals surface area contributed by atoms with Gasteiger partial charge in [0.1, 0.15) is 24.1 Å². The van der Waals surface area contributed by atoms with E-state index in [2.05, 4.69) is 29.2 Å². The van der Waals surface area contributed by atoms with Crippen LogP contribution in [-0.4, -0.2) is 71.0 Å². The Hall–Kier alpha value is -2.57. The van der Waals surface area contributed by atoms with Crippen LogP contribution in [0, 0.1) is 0 Å². The first kappa shape index (κ1) is 24.6. The minimum atomic E-state index is -0.551. The van der Waals surface area contributed by atoms with Gasteiger partial charge in [-0.2, -0.15) is 0 Å². The number of rotatable bonds is 8. The predicted molar refractivity (Wildman–Crippen MR) is 133 cm³/mol. The molecule has 1 N–H and O–H groups in total. The standard InChI is InChI=1S/C28H38N2O4/c1-28(2,3)34-27(32)30(26-18-25(26)21-10-6-4-7-11-21)22-14-16-29(17-15-22)19-23(31)20-33-24-12-8-5-9-13-24/h4-13,22-23,25-26,31H,14-20H2,1-3H3/t23-,25-,26+/m0/s1. The van der Waals surface area contributed by atoms with Gasteiger partial charge in [0.2, 0.25) is 0 Å². The number of nitrogens with zero attached hydrogens (tertiary/aromatic N) is 2. The van der Waals surface area contributed by atoms with Crippen LogP contribution in [0.4, 0.5) is 4.79 Å². The van der Waals surface area contributed by atoms with E-state index in [4.69, 9.17) is 9.47 Å². The lowest BCUT2D eigenvalue weighted by Gasteiger charge is -2.40. The van der Waals surface area contributed by atoms with Crippen LogP contribution < -0.4 is 4.74 Å². The number of aliphatic hydroxyl groups excluding tert-OH is 1. The fraction of sp³-hybridized carbons (Fsp3) is 0.536. The summed E-state index contributed by atoms with van der Waals surface area (Å²) in [6, 6.07) is 20.4. The van der Waals surface area contributed by atoms with Crippen LogP contribution in [0.3, 0.4) is 0 Å². The van der Waals surface area contributed by atoms with Crippen molar-refractivity contribution in [1.82, 2.24) is 9.80 Å². The molecule has 6 heteroatoms. The number of hydrogen-bond donors (Lipinski definition) is 1. The van der Waals surface area contributed by atoms with Crippen LogP contribution in [0.2, 0.25) is 0 Å². The molecule has 0 aromatic heterocycles. The van der Waals surface area contributed by atoms with E-state index in [1.54, 1.807) is 0 Å². The first-order valence-corrected chi connectivity index (χ1v) is 12.4. The van der Waals surface area contributed by atoms with E-state index in [9.17, 15) is 9.90 Å². The van der Waals surface area contributed by atoms with E-state index >= 15 is 0 Å². The van der Waals surface area contributed by atoms with E-state index in [1.807, 2.05) is 62.1 Å². The predicted octanol–water partition coefficient (Wildman–Crippen LogP) is 4.68. The number of carbonyl (C=O) groups is 1. The zero-order valence-electron chi connectivity index (χ0n) is 20.6. The van der Waals surface area contributed by atoms with Gasteiger partial charge in [-0.1, -0.05) is 48.5 Å². The third-order valence-corrected chi connectivity index (χ3v) is 6.55. The Morgan fingerprint density at radius 3 is 2.29 bits per heavy atom. The first-order valence-electron chi connectivity index (χ1n) is 12.4. The van der Waals surface area contributed by atoms with Crippen molar-refractivity contribution in [2.24, 2.45) is 0 Å². The number of amides is 1. The maximum absolute atomic E-state index is 13.2. The molecule has 0 bridgehead atoms. The van der Waals surface area contributed by atoms with Gasteiger partial charge >= 0.3 is 6.09 Å². The summed E-state index contributed by atoms with van der Waals surface area (Å²) >= 11 is 0. The van der Waals surface area contributed by atoms with Crippen LogP contribution in [0.15, 0.2) is 60.7 Å². The number of β-amino-alcohol motifs (C(OH)–C–C–N with tert-alkyl or cyclic N) is 1. The number of ether oxygens (including phenoxy) is 2. The molecule has 4 rings (SSSR count). The molecule has 0 radical (unpaired) electrons. The van der Waals surface area contributed by atoms with Crippen LogP contribution in [0.25, 0.3) is 0 Å². The Kier molecular flexibility index (Phi) is 7.79. The highest BCUT2D eigenvalue weighted by Gasteiger charge is 2.48. The fourth-order valence-electron chi connectivity index (χ4n) is 4.86. The minimum absolute atomic E-state index is 0.155. The van der Waals surface area contributed by atoms with Gasteiger partial charge in [0.25, 0.3) is 0 Å². The maximum atomic E-state index is 13.2. The Morgan fingerprint density at radius 2 is 1.68 bits per heavy atom. The van der Waals surface area contributed by atoms with Crippen molar-refractivity contribution >= 4 is 6.09 Å². The second-order valence-electron chi connectivity index (χ2n) is 10.5. The number of benzene rings is 2. The lowest BCUT2D eigenvalue weighted by molar-refractivity contribution is 0.000850. The quantitative estimate of drug-likeness (QED) is 0.612. The summed E-state index contributed by atoms with van der Waals surface area (Å²) < 4.78 is 11.5. The number of likely N-dealkylation sites (tertiary alicyclic amines) is 1. The summed E-state index contributed by atoms with van der Waals surface area (Å²) in [5.41, 5.74) is 0.774. The first-order chi connectivity index (χ1) is 16.3. The zero-order valence-corrected chi connectivity index (χ0v) is 20.6. The molecule has 2 aromatic rings. The molecule has 2 aliphatic rings. The van der Waals surface area contributed by atoms with Crippen molar-refractivity contribution in [3.63, 3.8) is 0 Å². The highest BCUT2D eigenvalue weighted by atomic mass is 16.6. The lowest BCUT2D eigenvalue weighted by atomic mass is 10.0. The van der Waals surface area contributed by atoms with Crippen LogP contribution in [0.1, 0.15) is 51.5 Å². The second-order valence-corrected chi connectivity index (χ2v) is 10.5. The Balaban J connectivity index is 1.32. The van der Waals surface area contributed by atoms with Crippen molar-refractivity contribution in [2.45, 2.75) is 69.7 Å². The van der Waals surface area contributed by atoms with Gasteiger partial charge < -0.3 is 24.4 Å². The molecular weight excluding hydrogens is 428 g/mol. The molecule has 6 nitrogen and oxygen atoms in total. The molecule has 1 aliphatic carbocycles. The molecule has 3 atom stereocenters. The summed E-state index contributed by atoms with van der Waals surface area (Å²) in [7, 11) is 0. The van der Waals surface area contributed by atoms with Crippen molar-refractivity contribution in [1.29, 1.82) is 0 Å². The average molecular weight is 467 g/mol. The third kappa shape index (κ3) is 6.73. The number of carbonyl (C=O) groups excluding carboxylic acids is 1. The van der Waals surface area contributed by atoms with Crippen molar-refractivity contribution in [2.75, 3.05) is 26.2 Å². The van der Waals surface area contributed by atoms with Gasteiger partial charge in [0, 0.05) is 37.6 Å². The summed E-state index contributed by atoms with van der Waals surface area (Å²) in [5, 5.41) is 10.5. The van der Waals surface area contributed by atoms with Crippen molar-refractivity contribution in [3.05, 3.63) is 66.2 Å². The molecule has 1 amide bonds. The molecular formula is C28H38N2O4. The molecule has 184 valence electrons. The number of para-hydroxylation sites is 1. The van der Waals surface area contributed by atoms with Crippen LogP contribution >= 0.6 is 0 Å². The number of hydrogen-bond acceptors (Lipinski definition) is 5. The Bertz CT molecular complexity index is 907. The third-order valence-electron chi connectivity index (χ3n) is 6.55. The summed E-state index contributed by atoms with van der Waals surface area (Å²) in [4.78, 5) is 17.5. The SMILES string of the molecule is CC(C)(C)OC(=O)N(C1CCN(C[C@H](O)COc2ccccc2)CC1)[C@@H]1C[C@H]1c1ccccc1. The van der Waals surface area contributed by atoms with E-state index in [1.165, 1.54) is 5.56 Å².